The van der Waals surface area contributed by atoms with Crippen LogP contribution in [0, 0.1) is 0 Å². The van der Waals surface area contributed by atoms with Gasteiger partial charge in [-0.15, -0.1) is 0 Å². The maximum atomic E-state index is 13.4. The molecule has 1 aromatic carbocycles. The third-order valence-electron chi connectivity index (χ3n) is 4.81. The van der Waals surface area contributed by atoms with Gasteiger partial charge in [0.25, 0.3) is 0 Å². The lowest BCUT2D eigenvalue weighted by Gasteiger charge is -2.39. The Hall–Kier alpha value is -2.57. The minimum Gasteiger partial charge on any atom is -0.467 e. The molecule has 1 aliphatic rings. The molecule has 7 nitrogen and oxygen atoms in total. The van der Waals surface area contributed by atoms with Crippen molar-refractivity contribution in [2.75, 3.05) is 13.7 Å². The van der Waals surface area contributed by atoms with E-state index in [0.29, 0.717) is 13.0 Å². The van der Waals surface area contributed by atoms with E-state index in [-0.39, 0.29) is 31.0 Å². The molecule has 0 saturated heterocycles. The number of nitrogens with zero attached hydrogens (tertiary/aromatic N) is 2. The van der Waals surface area contributed by atoms with Gasteiger partial charge in [0.2, 0.25) is 0 Å². The largest absolute Gasteiger partial charge is 0.467 e. The van der Waals surface area contributed by atoms with Gasteiger partial charge in [0.05, 0.1) is 13.5 Å². The van der Waals surface area contributed by atoms with Crippen LogP contribution < -0.4 is 0 Å². The lowest BCUT2D eigenvalue weighted by Crippen LogP contribution is -2.55. The van der Waals surface area contributed by atoms with Crippen molar-refractivity contribution in [3.8, 4) is 0 Å². The number of amides is 2. The Labute approximate surface area is 172 Å². The second-order valence-electron chi connectivity index (χ2n) is 8.55. The van der Waals surface area contributed by atoms with E-state index in [1.165, 1.54) is 7.11 Å². The molecule has 7 heteroatoms. The van der Waals surface area contributed by atoms with E-state index in [0.717, 1.165) is 11.1 Å². The van der Waals surface area contributed by atoms with Gasteiger partial charge in [-0.3, -0.25) is 4.79 Å². The molecule has 0 radical (unpaired) electrons. The van der Waals surface area contributed by atoms with Gasteiger partial charge in [-0.1, -0.05) is 24.3 Å². The fourth-order valence-electron chi connectivity index (χ4n) is 3.41. The molecular formula is C22H32N2O5. The standard InChI is InChI=1S/C22H32N2O5/c1-15(2)23(12-11-19(25)29-22(3,4)5)21(27)24-14-17-10-8-7-9-16(17)13-18(24)20(26)28-6/h7-10,15,18H,11-14H2,1-6H3. The molecule has 1 heterocycles. The first kappa shape index (κ1) is 22.7. The molecule has 0 N–H and O–H groups in total. The fourth-order valence-corrected chi connectivity index (χ4v) is 3.41. The van der Waals surface area contributed by atoms with Gasteiger partial charge in [0, 0.05) is 25.6 Å². The quantitative estimate of drug-likeness (QED) is 0.705. The number of esters is 2. The summed E-state index contributed by atoms with van der Waals surface area (Å²) in [5.41, 5.74) is 1.48. The minimum absolute atomic E-state index is 0.0918. The predicted octanol–water partition coefficient (Wildman–Crippen LogP) is 3.15. The summed E-state index contributed by atoms with van der Waals surface area (Å²) >= 11 is 0. The molecule has 0 aromatic heterocycles. The zero-order chi connectivity index (χ0) is 21.8. The van der Waals surface area contributed by atoms with Crippen molar-refractivity contribution < 1.29 is 23.9 Å². The summed E-state index contributed by atoms with van der Waals surface area (Å²) in [7, 11) is 1.33. The third kappa shape index (κ3) is 5.95. The summed E-state index contributed by atoms with van der Waals surface area (Å²) in [6.45, 7) is 9.74. The van der Waals surface area contributed by atoms with Gasteiger partial charge < -0.3 is 19.3 Å². The zero-order valence-corrected chi connectivity index (χ0v) is 18.2. The Morgan fingerprint density at radius 3 is 2.34 bits per heavy atom. The molecule has 0 saturated carbocycles. The molecule has 1 unspecified atom stereocenters. The maximum Gasteiger partial charge on any atom is 0.329 e. The Morgan fingerprint density at radius 1 is 1.17 bits per heavy atom. The monoisotopic (exact) mass is 404 g/mol. The lowest BCUT2D eigenvalue weighted by atomic mass is 9.94. The average Bonchev–Trinajstić information content (AvgIpc) is 2.64. The Bertz CT molecular complexity index is 754. The fraction of sp³-hybridized carbons (Fsp3) is 0.591. The van der Waals surface area contributed by atoms with E-state index in [4.69, 9.17) is 9.47 Å². The number of carbonyl (C=O) groups is 3. The second-order valence-corrected chi connectivity index (χ2v) is 8.55. The summed E-state index contributed by atoms with van der Waals surface area (Å²) in [4.78, 5) is 41.0. The normalized spacial score (nSPS) is 16.2. The van der Waals surface area contributed by atoms with Gasteiger partial charge in [-0.05, 0) is 45.7 Å². The molecule has 1 aromatic rings. The van der Waals surface area contributed by atoms with Crippen LogP contribution in [0.1, 0.15) is 52.2 Å². The van der Waals surface area contributed by atoms with Crippen LogP contribution in [0.2, 0.25) is 0 Å². The van der Waals surface area contributed by atoms with Crippen LogP contribution in [0.5, 0.6) is 0 Å². The van der Waals surface area contributed by atoms with Crippen LogP contribution >= 0.6 is 0 Å². The molecule has 1 aliphatic heterocycles. The summed E-state index contributed by atoms with van der Waals surface area (Å²) in [5, 5.41) is 0. The first-order valence-corrected chi connectivity index (χ1v) is 9.97. The summed E-state index contributed by atoms with van der Waals surface area (Å²) in [6.07, 6.45) is 0.501. The highest BCUT2D eigenvalue weighted by Crippen LogP contribution is 2.26. The minimum atomic E-state index is -0.690. The summed E-state index contributed by atoms with van der Waals surface area (Å²) in [5.74, 6) is -0.798. The molecule has 0 spiro atoms. The van der Waals surface area contributed by atoms with Gasteiger partial charge in [-0.2, -0.15) is 0 Å². The summed E-state index contributed by atoms with van der Waals surface area (Å²) in [6, 6.07) is 6.66. The molecule has 0 fully saturated rings. The van der Waals surface area contributed by atoms with E-state index in [2.05, 4.69) is 0 Å². The molecule has 1 atom stereocenters. The molecule has 160 valence electrons. The van der Waals surface area contributed by atoms with Crippen molar-refractivity contribution >= 4 is 18.0 Å². The van der Waals surface area contributed by atoms with Gasteiger partial charge in [0.15, 0.2) is 0 Å². The van der Waals surface area contributed by atoms with Crippen molar-refractivity contribution in [1.29, 1.82) is 0 Å². The predicted molar refractivity (Wildman–Crippen MR) is 109 cm³/mol. The van der Waals surface area contributed by atoms with Crippen molar-refractivity contribution in [2.24, 2.45) is 0 Å². The van der Waals surface area contributed by atoms with E-state index < -0.39 is 17.6 Å². The van der Waals surface area contributed by atoms with Crippen molar-refractivity contribution in [1.82, 2.24) is 9.80 Å². The highest BCUT2D eigenvalue weighted by molar-refractivity contribution is 5.85. The molecule has 0 aliphatic carbocycles. The SMILES string of the molecule is COC(=O)C1Cc2ccccc2CN1C(=O)N(CCC(=O)OC(C)(C)C)C(C)C. The van der Waals surface area contributed by atoms with Crippen LogP contribution in [0.4, 0.5) is 4.79 Å². The molecule has 0 bridgehead atoms. The topological polar surface area (TPSA) is 76.2 Å². The Kier molecular flexibility index (Phi) is 7.27. The van der Waals surface area contributed by atoms with Crippen LogP contribution in [0.3, 0.4) is 0 Å². The number of fused-ring (bicyclic) bond motifs is 1. The number of hydrogen-bond acceptors (Lipinski definition) is 5. The van der Waals surface area contributed by atoms with E-state index in [1.807, 2.05) is 58.9 Å². The third-order valence-corrected chi connectivity index (χ3v) is 4.81. The molecular weight excluding hydrogens is 372 g/mol. The molecule has 2 amide bonds. The van der Waals surface area contributed by atoms with Crippen molar-refractivity contribution in [3.63, 3.8) is 0 Å². The van der Waals surface area contributed by atoms with Crippen molar-refractivity contribution in [3.05, 3.63) is 35.4 Å². The lowest BCUT2D eigenvalue weighted by molar-refractivity contribution is -0.155. The molecule has 2 rings (SSSR count). The Balaban J connectivity index is 2.19. The highest BCUT2D eigenvalue weighted by atomic mass is 16.6. The zero-order valence-electron chi connectivity index (χ0n) is 18.2. The van der Waals surface area contributed by atoms with E-state index in [1.54, 1.807) is 9.80 Å². The van der Waals surface area contributed by atoms with Crippen LogP contribution in [0.15, 0.2) is 24.3 Å². The number of hydrogen-bond donors (Lipinski definition) is 0. The number of methoxy groups -OCH3 is 1. The highest BCUT2D eigenvalue weighted by Gasteiger charge is 2.38. The first-order valence-electron chi connectivity index (χ1n) is 9.97. The van der Waals surface area contributed by atoms with Crippen LogP contribution in [-0.2, 0) is 32.0 Å². The van der Waals surface area contributed by atoms with Gasteiger partial charge >= 0.3 is 18.0 Å². The van der Waals surface area contributed by atoms with Crippen LogP contribution in [0.25, 0.3) is 0 Å². The Morgan fingerprint density at radius 2 is 1.79 bits per heavy atom. The average molecular weight is 405 g/mol. The second kappa shape index (κ2) is 9.29. The smallest absolute Gasteiger partial charge is 0.329 e. The maximum absolute atomic E-state index is 13.4. The first-order chi connectivity index (χ1) is 13.5. The number of urea groups is 1. The number of carbonyl (C=O) groups excluding carboxylic acids is 3. The van der Waals surface area contributed by atoms with Gasteiger partial charge in [0.1, 0.15) is 11.6 Å². The molecule has 29 heavy (non-hydrogen) atoms. The van der Waals surface area contributed by atoms with Gasteiger partial charge in [-0.25, -0.2) is 9.59 Å². The number of benzene rings is 1. The van der Waals surface area contributed by atoms with Crippen molar-refractivity contribution in [2.45, 2.75) is 71.7 Å². The van der Waals surface area contributed by atoms with E-state index in [9.17, 15) is 14.4 Å². The summed E-state index contributed by atoms with van der Waals surface area (Å²) < 4.78 is 10.3. The van der Waals surface area contributed by atoms with E-state index >= 15 is 0 Å². The number of rotatable bonds is 5. The number of ether oxygens (including phenoxy) is 2. The van der Waals surface area contributed by atoms with Crippen LogP contribution in [-0.4, -0.2) is 59.1 Å².